The van der Waals surface area contributed by atoms with Crippen molar-refractivity contribution in [1.29, 1.82) is 0 Å². The van der Waals surface area contributed by atoms with Crippen LogP contribution in [0.1, 0.15) is 23.1 Å². The van der Waals surface area contributed by atoms with Crippen molar-refractivity contribution in [2.45, 2.75) is 13.8 Å². The van der Waals surface area contributed by atoms with Gasteiger partial charge in [0.2, 0.25) is 0 Å². The lowest BCUT2D eigenvalue weighted by Gasteiger charge is -2.16. The quantitative estimate of drug-likeness (QED) is 0.855. The second-order valence-corrected chi connectivity index (χ2v) is 5.05. The number of nitrogens with zero attached hydrogens (tertiary/aromatic N) is 2. The smallest absolute Gasteiger partial charge is 0.308 e. The highest BCUT2D eigenvalue weighted by atomic mass is 16.4. The Morgan fingerprint density at radius 3 is 2.44 bits per heavy atom. The summed E-state index contributed by atoms with van der Waals surface area (Å²) >= 11 is 0. The highest BCUT2D eigenvalue weighted by molar-refractivity contribution is 5.93. The predicted octanol–water partition coefficient (Wildman–Crippen LogP) is 1.13. The zero-order valence-corrected chi connectivity index (χ0v) is 10.9. The molecule has 2 unspecified atom stereocenters. The maximum atomic E-state index is 12.3. The van der Waals surface area contributed by atoms with Gasteiger partial charge in [-0.05, 0) is 25.0 Å². The van der Waals surface area contributed by atoms with E-state index in [2.05, 4.69) is 0 Å². The molecule has 98 valence electrons. The highest BCUT2D eigenvalue weighted by Gasteiger charge is 2.37. The fraction of sp³-hybridized carbons (Fsp3) is 0.538. The fourth-order valence-electron chi connectivity index (χ4n) is 2.44. The highest BCUT2D eigenvalue weighted by Crippen LogP contribution is 2.24. The third-order valence-electron chi connectivity index (χ3n) is 3.81. The largest absolute Gasteiger partial charge is 0.481 e. The van der Waals surface area contributed by atoms with E-state index in [1.807, 2.05) is 31.5 Å². The first-order valence-electron chi connectivity index (χ1n) is 6.06. The average Bonchev–Trinajstić information content (AvgIpc) is 2.84. The molecule has 5 nitrogen and oxygen atoms in total. The van der Waals surface area contributed by atoms with Crippen LogP contribution in [0, 0.1) is 18.8 Å². The van der Waals surface area contributed by atoms with Crippen molar-refractivity contribution in [1.82, 2.24) is 9.47 Å². The molecule has 0 bridgehead atoms. The van der Waals surface area contributed by atoms with Crippen LogP contribution in [0.15, 0.2) is 12.1 Å². The van der Waals surface area contributed by atoms with Crippen LogP contribution in [-0.4, -0.2) is 39.5 Å². The number of carbonyl (C=O) groups is 2. The van der Waals surface area contributed by atoms with Crippen LogP contribution in [0.2, 0.25) is 0 Å². The van der Waals surface area contributed by atoms with Crippen molar-refractivity contribution in [3.05, 3.63) is 23.5 Å². The molecule has 1 saturated heterocycles. The first-order chi connectivity index (χ1) is 8.41. The Hall–Kier alpha value is -1.78. The summed E-state index contributed by atoms with van der Waals surface area (Å²) in [6.07, 6.45) is 0. The van der Waals surface area contributed by atoms with Crippen molar-refractivity contribution in [2.24, 2.45) is 18.9 Å². The third kappa shape index (κ3) is 2.00. The first kappa shape index (κ1) is 12.7. The number of rotatable bonds is 2. The van der Waals surface area contributed by atoms with E-state index in [1.54, 1.807) is 11.0 Å². The predicted molar refractivity (Wildman–Crippen MR) is 66.3 cm³/mol. The van der Waals surface area contributed by atoms with Crippen molar-refractivity contribution < 1.29 is 14.7 Å². The number of likely N-dealkylation sites (tertiary alicyclic amines) is 1. The molecule has 1 aromatic heterocycles. The van der Waals surface area contributed by atoms with E-state index in [4.69, 9.17) is 5.11 Å². The van der Waals surface area contributed by atoms with Crippen molar-refractivity contribution in [3.63, 3.8) is 0 Å². The SMILES string of the molecule is Cc1ccc(C(=O)N2CC(C)C(C(=O)O)C2)n1C. The van der Waals surface area contributed by atoms with Crippen LogP contribution in [0.5, 0.6) is 0 Å². The molecule has 1 aliphatic rings. The molecule has 1 N–H and O–H groups in total. The summed E-state index contributed by atoms with van der Waals surface area (Å²) in [5.41, 5.74) is 1.63. The van der Waals surface area contributed by atoms with E-state index in [9.17, 15) is 9.59 Å². The molecule has 5 heteroatoms. The van der Waals surface area contributed by atoms with Crippen LogP contribution < -0.4 is 0 Å². The number of hydrogen-bond donors (Lipinski definition) is 1. The molecule has 0 aromatic carbocycles. The maximum absolute atomic E-state index is 12.3. The first-order valence-corrected chi connectivity index (χ1v) is 6.06. The number of amides is 1. The van der Waals surface area contributed by atoms with E-state index in [1.165, 1.54) is 0 Å². The number of aryl methyl sites for hydroxylation is 1. The molecule has 0 aliphatic carbocycles. The van der Waals surface area contributed by atoms with Gasteiger partial charge in [-0.2, -0.15) is 0 Å². The van der Waals surface area contributed by atoms with Gasteiger partial charge < -0.3 is 14.6 Å². The molecule has 2 rings (SSSR count). The van der Waals surface area contributed by atoms with E-state index >= 15 is 0 Å². The molecular formula is C13H18N2O3. The number of aromatic nitrogens is 1. The Labute approximate surface area is 106 Å². The second kappa shape index (κ2) is 4.48. The minimum Gasteiger partial charge on any atom is -0.481 e. The monoisotopic (exact) mass is 250 g/mol. The molecule has 1 aromatic rings. The topological polar surface area (TPSA) is 62.5 Å². The number of carboxylic acid groups (broad SMARTS) is 1. The molecule has 0 radical (unpaired) electrons. The Balaban J connectivity index is 2.17. The standard InChI is InChI=1S/C13H18N2O3/c1-8-6-15(7-10(8)13(17)18)12(16)11-5-4-9(2)14(11)3/h4-5,8,10H,6-7H2,1-3H3,(H,17,18). The Morgan fingerprint density at radius 1 is 1.33 bits per heavy atom. The van der Waals surface area contributed by atoms with E-state index in [0.717, 1.165) is 5.69 Å². The molecule has 18 heavy (non-hydrogen) atoms. The van der Waals surface area contributed by atoms with Crippen molar-refractivity contribution >= 4 is 11.9 Å². The van der Waals surface area contributed by atoms with Gasteiger partial charge in [0.05, 0.1) is 5.92 Å². The van der Waals surface area contributed by atoms with Crippen molar-refractivity contribution in [2.75, 3.05) is 13.1 Å². The summed E-state index contributed by atoms with van der Waals surface area (Å²) in [6, 6.07) is 3.68. The zero-order valence-electron chi connectivity index (χ0n) is 10.9. The number of hydrogen-bond acceptors (Lipinski definition) is 2. The minimum absolute atomic E-state index is 0.00724. The molecule has 2 atom stereocenters. The van der Waals surface area contributed by atoms with E-state index in [-0.39, 0.29) is 11.8 Å². The molecule has 0 saturated carbocycles. The Kier molecular flexibility index (Phi) is 3.15. The van der Waals surface area contributed by atoms with Gasteiger partial charge in [0, 0.05) is 25.8 Å². The molecule has 2 heterocycles. The van der Waals surface area contributed by atoms with Gasteiger partial charge in [-0.3, -0.25) is 9.59 Å². The lowest BCUT2D eigenvalue weighted by molar-refractivity contribution is -0.142. The fourth-order valence-corrected chi connectivity index (χ4v) is 2.44. The maximum Gasteiger partial charge on any atom is 0.308 e. The molecule has 1 amide bonds. The summed E-state index contributed by atoms with van der Waals surface area (Å²) in [5, 5.41) is 9.07. The summed E-state index contributed by atoms with van der Waals surface area (Å²) in [7, 11) is 1.84. The lowest BCUT2D eigenvalue weighted by atomic mass is 9.99. The van der Waals surface area contributed by atoms with Crippen molar-refractivity contribution in [3.8, 4) is 0 Å². The molecule has 1 aliphatic heterocycles. The summed E-state index contributed by atoms with van der Waals surface area (Å²) in [4.78, 5) is 25.0. The van der Waals surface area contributed by atoms with Crippen LogP contribution in [0.25, 0.3) is 0 Å². The van der Waals surface area contributed by atoms with Gasteiger partial charge in [-0.25, -0.2) is 0 Å². The van der Waals surface area contributed by atoms with Crippen LogP contribution in [-0.2, 0) is 11.8 Å². The van der Waals surface area contributed by atoms with Crippen LogP contribution >= 0.6 is 0 Å². The second-order valence-electron chi connectivity index (χ2n) is 5.05. The summed E-state index contributed by atoms with van der Waals surface area (Å²) in [6.45, 7) is 4.63. The average molecular weight is 250 g/mol. The third-order valence-corrected chi connectivity index (χ3v) is 3.81. The molecular weight excluding hydrogens is 232 g/mol. The molecule has 0 spiro atoms. The zero-order chi connectivity index (χ0) is 13.4. The summed E-state index contributed by atoms with van der Waals surface area (Å²) in [5.74, 6) is -1.34. The minimum atomic E-state index is -0.819. The molecule has 1 fully saturated rings. The number of carbonyl (C=O) groups excluding carboxylic acids is 1. The Bertz CT molecular complexity index is 492. The Morgan fingerprint density at radius 2 is 2.00 bits per heavy atom. The normalized spacial score (nSPS) is 23.4. The summed E-state index contributed by atoms with van der Waals surface area (Å²) < 4.78 is 1.83. The van der Waals surface area contributed by atoms with Crippen LogP contribution in [0.4, 0.5) is 0 Å². The number of aliphatic carboxylic acids is 1. The van der Waals surface area contributed by atoms with Gasteiger partial charge in [0.1, 0.15) is 5.69 Å². The van der Waals surface area contributed by atoms with Gasteiger partial charge in [0.15, 0.2) is 0 Å². The van der Waals surface area contributed by atoms with E-state index < -0.39 is 11.9 Å². The van der Waals surface area contributed by atoms with Gasteiger partial charge >= 0.3 is 5.97 Å². The van der Waals surface area contributed by atoms with Crippen LogP contribution in [0.3, 0.4) is 0 Å². The van der Waals surface area contributed by atoms with E-state index in [0.29, 0.717) is 18.8 Å². The van der Waals surface area contributed by atoms with Gasteiger partial charge in [-0.15, -0.1) is 0 Å². The van der Waals surface area contributed by atoms with Gasteiger partial charge in [0.25, 0.3) is 5.91 Å². The lowest BCUT2D eigenvalue weighted by Crippen LogP contribution is -2.31. The number of carboxylic acids is 1. The van der Waals surface area contributed by atoms with Gasteiger partial charge in [-0.1, -0.05) is 6.92 Å².